The van der Waals surface area contributed by atoms with Gasteiger partial charge in [0.1, 0.15) is 11.5 Å². The Bertz CT molecular complexity index is 1190. The van der Waals surface area contributed by atoms with Gasteiger partial charge < -0.3 is 9.84 Å². The molecule has 1 N–H and O–H groups in total. The number of benzene rings is 2. The molecule has 156 valence electrons. The van der Waals surface area contributed by atoms with Crippen molar-refractivity contribution in [3.63, 3.8) is 0 Å². The summed E-state index contributed by atoms with van der Waals surface area (Å²) in [6.07, 6.45) is 3.14. The van der Waals surface area contributed by atoms with Gasteiger partial charge in [0.05, 0.1) is 23.7 Å². The molecule has 31 heavy (non-hydrogen) atoms. The van der Waals surface area contributed by atoms with Crippen LogP contribution in [-0.2, 0) is 9.59 Å². The van der Waals surface area contributed by atoms with Crippen LogP contribution in [0.4, 0.5) is 5.69 Å². The van der Waals surface area contributed by atoms with E-state index in [1.165, 1.54) is 18.1 Å². The first-order valence-electron chi connectivity index (χ1n) is 9.22. The number of ether oxygens (including phenoxy) is 1. The summed E-state index contributed by atoms with van der Waals surface area (Å²) in [4.78, 5) is 31.5. The van der Waals surface area contributed by atoms with Crippen molar-refractivity contribution in [3.8, 4) is 5.75 Å². The number of halogens is 2. The van der Waals surface area contributed by atoms with Crippen LogP contribution < -0.4 is 9.64 Å². The largest absolute Gasteiger partial charge is 0.507 e. The molecule has 1 aliphatic rings. The van der Waals surface area contributed by atoms with Crippen LogP contribution in [0.5, 0.6) is 5.75 Å². The summed E-state index contributed by atoms with van der Waals surface area (Å²) in [6, 6.07) is 13.7. The van der Waals surface area contributed by atoms with Crippen molar-refractivity contribution >= 4 is 46.3 Å². The zero-order valence-electron chi connectivity index (χ0n) is 16.3. The molecule has 6 nitrogen and oxygen atoms in total. The zero-order valence-corrected chi connectivity index (χ0v) is 17.8. The van der Waals surface area contributed by atoms with Crippen LogP contribution in [0.3, 0.4) is 0 Å². The first kappa shape index (κ1) is 20.9. The summed E-state index contributed by atoms with van der Waals surface area (Å²) < 4.78 is 5.21. The van der Waals surface area contributed by atoms with E-state index in [2.05, 4.69) is 4.98 Å². The van der Waals surface area contributed by atoms with Gasteiger partial charge in [-0.3, -0.25) is 19.5 Å². The van der Waals surface area contributed by atoms with Crippen molar-refractivity contribution in [1.82, 2.24) is 4.98 Å². The number of Topliss-reactive ketones (excluding diaryl/α,β-unsaturated/α-hetero) is 1. The average Bonchev–Trinajstić information content (AvgIpc) is 3.05. The van der Waals surface area contributed by atoms with Crippen molar-refractivity contribution in [1.29, 1.82) is 0 Å². The Morgan fingerprint density at radius 1 is 1.10 bits per heavy atom. The number of aliphatic hydroxyl groups is 1. The molecule has 2 heterocycles. The summed E-state index contributed by atoms with van der Waals surface area (Å²) >= 11 is 12.1. The molecule has 2 aromatic carbocycles. The maximum absolute atomic E-state index is 13.1. The molecule has 1 aliphatic heterocycles. The number of hydrogen-bond donors (Lipinski definition) is 1. The minimum absolute atomic E-state index is 0.0580. The number of rotatable bonds is 4. The number of aliphatic hydroxyl groups excluding tert-OH is 1. The highest BCUT2D eigenvalue weighted by atomic mass is 35.5. The van der Waals surface area contributed by atoms with Crippen LogP contribution >= 0.6 is 23.2 Å². The van der Waals surface area contributed by atoms with E-state index in [9.17, 15) is 14.7 Å². The van der Waals surface area contributed by atoms with Gasteiger partial charge in [-0.15, -0.1) is 0 Å². The predicted molar refractivity (Wildman–Crippen MR) is 118 cm³/mol. The third-order valence-corrected chi connectivity index (χ3v) is 5.54. The van der Waals surface area contributed by atoms with Crippen LogP contribution in [0.25, 0.3) is 5.76 Å². The molecule has 3 aromatic rings. The molecule has 0 bridgehead atoms. The highest BCUT2D eigenvalue weighted by Crippen LogP contribution is 2.42. The Kier molecular flexibility index (Phi) is 5.67. The van der Waals surface area contributed by atoms with Crippen LogP contribution in [-0.4, -0.2) is 28.9 Å². The molecule has 0 spiro atoms. The second-order valence-corrected chi connectivity index (χ2v) is 7.62. The van der Waals surface area contributed by atoms with Crippen molar-refractivity contribution in [2.75, 3.05) is 12.0 Å². The highest BCUT2D eigenvalue weighted by molar-refractivity contribution is 6.51. The number of pyridine rings is 1. The smallest absolute Gasteiger partial charge is 0.300 e. The number of aromatic nitrogens is 1. The van der Waals surface area contributed by atoms with E-state index < -0.39 is 17.7 Å². The fourth-order valence-electron chi connectivity index (χ4n) is 3.52. The minimum Gasteiger partial charge on any atom is -0.507 e. The van der Waals surface area contributed by atoms with Gasteiger partial charge in [-0.2, -0.15) is 0 Å². The summed E-state index contributed by atoms with van der Waals surface area (Å²) in [6.45, 7) is 0. The van der Waals surface area contributed by atoms with Gasteiger partial charge in [-0.25, -0.2) is 0 Å². The lowest BCUT2D eigenvalue weighted by Gasteiger charge is -2.25. The van der Waals surface area contributed by atoms with E-state index in [4.69, 9.17) is 27.9 Å². The Hall–Kier alpha value is -3.35. The molecule has 1 saturated heterocycles. The molecule has 8 heteroatoms. The Morgan fingerprint density at radius 2 is 1.84 bits per heavy atom. The van der Waals surface area contributed by atoms with Gasteiger partial charge in [-0.1, -0.05) is 29.3 Å². The van der Waals surface area contributed by atoms with E-state index in [0.29, 0.717) is 32.6 Å². The number of anilines is 1. The summed E-state index contributed by atoms with van der Waals surface area (Å²) in [7, 11) is 1.44. The average molecular weight is 455 g/mol. The van der Waals surface area contributed by atoms with Gasteiger partial charge in [0, 0.05) is 28.7 Å². The van der Waals surface area contributed by atoms with Crippen molar-refractivity contribution in [2.45, 2.75) is 6.04 Å². The number of carbonyl (C=O) groups excluding carboxylic acids is 2. The maximum atomic E-state index is 13.1. The molecule has 0 radical (unpaired) electrons. The summed E-state index contributed by atoms with van der Waals surface area (Å²) in [5, 5.41) is 11.9. The molecule has 1 atom stereocenters. The minimum atomic E-state index is -0.878. The molecule has 0 aliphatic carbocycles. The van der Waals surface area contributed by atoms with Crippen LogP contribution in [0, 0.1) is 0 Å². The number of nitrogens with zero attached hydrogens (tertiary/aromatic N) is 2. The summed E-state index contributed by atoms with van der Waals surface area (Å²) in [5.74, 6) is -1.58. The van der Waals surface area contributed by atoms with E-state index in [0.717, 1.165) is 0 Å². The monoisotopic (exact) mass is 454 g/mol. The first-order chi connectivity index (χ1) is 14.9. The lowest BCUT2D eigenvalue weighted by molar-refractivity contribution is -0.132. The number of hydrogen-bond acceptors (Lipinski definition) is 5. The Balaban J connectivity index is 1.93. The zero-order chi connectivity index (χ0) is 22.1. The van der Waals surface area contributed by atoms with E-state index in [-0.39, 0.29) is 11.3 Å². The van der Waals surface area contributed by atoms with E-state index in [1.54, 1.807) is 60.9 Å². The first-order valence-corrected chi connectivity index (χ1v) is 9.98. The molecule has 1 amide bonds. The number of methoxy groups -OCH3 is 1. The Morgan fingerprint density at radius 3 is 2.48 bits per heavy atom. The van der Waals surface area contributed by atoms with Crippen molar-refractivity contribution < 1.29 is 19.4 Å². The molecular weight excluding hydrogens is 439 g/mol. The van der Waals surface area contributed by atoms with Crippen LogP contribution in [0.15, 0.2) is 72.6 Å². The normalized spacial score (nSPS) is 17.8. The molecule has 1 unspecified atom stereocenters. The molecule has 0 saturated carbocycles. The molecule has 1 fully saturated rings. The summed E-state index contributed by atoms with van der Waals surface area (Å²) in [5.41, 5.74) is 1.27. The Labute approximate surface area is 188 Å². The third kappa shape index (κ3) is 3.76. The second kappa shape index (κ2) is 8.41. The topological polar surface area (TPSA) is 79.7 Å². The predicted octanol–water partition coefficient (Wildman–Crippen LogP) is 5.02. The quantitative estimate of drug-likeness (QED) is 0.340. The van der Waals surface area contributed by atoms with Crippen molar-refractivity contribution in [3.05, 3.63) is 93.7 Å². The van der Waals surface area contributed by atoms with Gasteiger partial charge in [0.15, 0.2) is 0 Å². The molecular formula is C23H16Cl2N2O4. The lowest BCUT2D eigenvalue weighted by Crippen LogP contribution is -2.29. The number of carbonyl (C=O) groups is 2. The maximum Gasteiger partial charge on any atom is 0.300 e. The van der Waals surface area contributed by atoms with Gasteiger partial charge in [-0.05, 0) is 54.1 Å². The fraction of sp³-hybridized carbons (Fsp3) is 0.0870. The fourth-order valence-corrected chi connectivity index (χ4v) is 3.84. The van der Waals surface area contributed by atoms with Gasteiger partial charge >= 0.3 is 0 Å². The van der Waals surface area contributed by atoms with Crippen molar-refractivity contribution in [2.24, 2.45) is 0 Å². The van der Waals surface area contributed by atoms with E-state index in [1.807, 2.05) is 0 Å². The van der Waals surface area contributed by atoms with Gasteiger partial charge in [0.25, 0.3) is 11.7 Å². The molecule has 4 rings (SSSR count). The van der Waals surface area contributed by atoms with Crippen LogP contribution in [0.2, 0.25) is 10.0 Å². The highest BCUT2D eigenvalue weighted by Gasteiger charge is 2.47. The standard InChI is InChI=1S/C23H16Cl2N2O4/c1-31-18-11-13(4-9-17(18)25)21(28)19-20(14-3-2-10-26-12-14)27(23(30)22(19)29)16-7-5-15(24)6-8-16/h2-12,20,28H,1H3/b21-19-. The van der Waals surface area contributed by atoms with Crippen LogP contribution in [0.1, 0.15) is 17.2 Å². The SMILES string of the molecule is COc1cc(/C(O)=C2/C(=O)C(=O)N(c3ccc(Cl)cc3)C2c2cccnc2)ccc1Cl. The lowest BCUT2D eigenvalue weighted by atomic mass is 9.96. The molecule has 1 aromatic heterocycles. The van der Waals surface area contributed by atoms with E-state index >= 15 is 0 Å². The van der Waals surface area contributed by atoms with Gasteiger partial charge in [0.2, 0.25) is 0 Å². The second-order valence-electron chi connectivity index (χ2n) is 6.78. The number of amides is 1. The number of ketones is 1. The third-order valence-electron chi connectivity index (χ3n) is 4.97.